The van der Waals surface area contributed by atoms with Crippen LogP contribution in [-0.2, 0) is 11.4 Å². The molecule has 140 valence electrons. The lowest BCUT2D eigenvalue weighted by atomic mass is 10.1. The van der Waals surface area contributed by atoms with Crippen LogP contribution in [0.3, 0.4) is 0 Å². The van der Waals surface area contributed by atoms with Crippen molar-refractivity contribution in [3.63, 3.8) is 0 Å². The van der Waals surface area contributed by atoms with Gasteiger partial charge >= 0.3 is 6.03 Å². The number of imide groups is 1. The normalized spacial score (nSPS) is 15.4. The molecule has 0 radical (unpaired) electrons. The minimum absolute atomic E-state index is 0.235. The maximum atomic E-state index is 12.4. The fourth-order valence-corrected chi connectivity index (χ4v) is 3.00. The van der Waals surface area contributed by atoms with Gasteiger partial charge < -0.3 is 10.1 Å². The lowest BCUT2D eigenvalue weighted by molar-refractivity contribution is -0.122. The van der Waals surface area contributed by atoms with E-state index in [9.17, 15) is 9.59 Å². The Morgan fingerprint density at radius 2 is 1.89 bits per heavy atom. The zero-order chi connectivity index (χ0) is 19.4. The number of amides is 3. The number of benzene rings is 2. The highest BCUT2D eigenvalue weighted by atomic mass is 35.5. The van der Waals surface area contributed by atoms with E-state index in [0.717, 1.165) is 5.56 Å². The summed E-state index contributed by atoms with van der Waals surface area (Å²) in [5.74, 6) is 0.258. The van der Waals surface area contributed by atoms with Gasteiger partial charge in [-0.25, -0.2) is 4.79 Å². The maximum absolute atomic E-state index is 12.4. The van der Waals surface area contributed by atoms with Crippen LogP contribution in [0.25, 0.3) is 6.08 Å². The number of halogens is 2. The quantitative estimate of drug-likeness (QED) is 0.551. The molecule has 0 bridgehead atoms. The van der Waals surface area contributed by atoms with Crippen molar-refractivity contribution < 1.29 is 14.3 Å². The van der Waals surface area contributed by atoms with Crippen molar-refractivity contribution in [2.75, 3.05) is 6.54 Å². The molecule has 1 heterocycles. The Morgan fingerprint density at radius 3 is 2.63 bits per heavy atom. The number of carbonyl (C=O) groups excluding carboxylic acids is 2. The highest BCUT2D eigenvalue weighted by Crippen LogP contribution is 2.26. The van der Waals surface area contributed by atoms with Gasteiger partial charge in [-0.05, 0) is 36.3 Å². The Morgan fingerprint density at radius 1 is 1.11 bits per heavy atom. The summed E-state index contributed by atoms with van der Waals surface area (Å²) in [5, 5.41) is 3.56. The predicted molar refractivity (Wildman–Crippen MR) is 106 cm³/mol. The molecular weight excluding hydrogens is 387 g/mol. The molecule has 0 unspecified atom stereocenters. The minimum Gasteiger partial charge on any atom is -0.488 e. The van der Waals surface area contributed by atoms with E-state index >= 15 is 0 Å². The summed E-state index contributed by atoms with van der Waals surface area (Å²) in [6, 6.07) is 12.2. The number of para-hydroxylation sites is 1. The molecule has 3 amide bonds. The highest BCUT2D eigenvalue weighted by Gasteiger charge is 2.32. The Balaban J connectivity index is 1.79. The van der Waals surface area contributed by atoms with Crippen LogP contribution in [0.2, 0.25) is 10.0 Å². The SMILES string of the molecule is CCCN1C(=O)N/C(=C/c2ccccc2OCc2ccc(Cl)c(Cl)c2)C1=O. The van der Waals surface area contributed by atoms with Crippen molar-refractivity contribution in [3.8, 4) is 5.75 Å². The van der Waals surface area contributed by atoms with E-state index in [1.165, 1.54) is 4.90 Å². The summed E-state index contributed by atoms with van der Waals surface area (Å²) in [6.45, 7) is 2.59. The average molecular weight is 405 g/mol. The van der Waals surface area contributed by atoms with Crippen molar-refractivity contribution >= 4 is 41.2 Å². The zero-order valence-electron chi connectivity index (χ0n) is 14.7. The van der Waals surface area contributed by atoms with Gasteiger partial charge in [-0.15, -0.1) is 0 Å². The molecule has 2 aromatic rings. The van der Waals surface area contributed by atoms with Crippen molar-refractivity contribution in [2.24, 2.45) is 0 Å². The van der Waals surface area contributed by atoms with Crippen molar-refractivity contribution in [1.82, 2.24) is 10.2 Å². The van der Waals surface area contributed by atoms with Crippen LogP contribution in [0.15, 0.2) is 48.2 Å². The first kappa shape index (κ1) is 19.3. The Kier molecular flexibility index (Phi) is 6.04. The third kappa shape index (κ3) is 4.43. The molecule has 0 atom stereocenters. The number of nitrogens with one attached hydrogen (secondary N) is 1. The van der Waals surface area contributed by atoms with Gasteiger partial charge in [-0.2, -0.15) is 0 Å². The summed E-state index contributed by atoms with van der Waals surface area (Å²) < 4.78 is 5.88. The summed E-state index contributed by atoms with van der Waals surface area (Å²) in [4.78, 5) is 25.5. The highest BCUT2D eigenvalue weighted by molar-refractivity contribution is 6.42. The van der Waals surface area contributed by atoms with E-state index in [4.69, 9.17) is 27.9 Å². The monoisotopic (exact) mass is 404 g/mol. The number of ether oxygens (including phenoxy) is 1. The first-order valence-corrected chi connectivity index (χ1v) is 9.25. The summed E-state index contributed by atoms with van der Waals surface area (Å²) in [5.41, 5.74) is 1.80. The van der Waals surface area contributed by atoms with Crippen molar-refractivity contribution in [2.45, 2.75) is 20.0 Å². The third-order valence-corrected chi connectivity index (χ3v) is 4.75. The molecule has 1 aliphatic heterocycles. The largest absolute Gasteiger partial charge is 0.488 e. The van der Waals surface area contributed by atoms with Crippen molar-refractivity contribution in [1.29, 1.82) is 0 Å². The van der Waals surface area contributed by atoms with Gasteiger partial charge in [-0.1, -0.05) is 54.4 Å². The first-order chi connectivity index (χ1) is 13.0. The molecule has 7 heteroatoms. The summed E-state index contributed by atoms with van der Waals surface area (Å²) in [6.07, 6.45) is 2.33. The van der Waals surface area contributed by atoms with Crippen molar-refractivity contribution in [3.05, 3.63) is 69.3 Å². The van der Waals surface area contributed by atoms with Crippen LogP contribution in [0, 0.1) is 0 Å². The zero-order valence-corrected chi connectivity index (χ0v) is 16.2. The van der Waals surface area contributed by atoms with Crippen LogP contribution in [0.5, 0.6) is 5.75 Å². The topological polar surface area (TPSA) is 58.6 Å². The first-order valence-electron chi connectivity index (χ1n) is 8.50. The van der Waals surface area contributed by atoms with Crippen LogP contribution in [0.1, 0.15) is 24.5 Å². The Labute approximate surface area is 167 Å². The van der Waals surface area contributed by atoms with E-state index in [0.29, 0.717) is 40.9 Å². The molecule has 3 rings (SSSR count). The number of hydrogen-bond acceptors (Lipinski definition) is 3. The second kappa shape index (κ2) is 8.46. The second-order valence-corrected chi connectivity index (χ2v) is 6.83. The number of rotatable bonds is 6. The average Bonchev–Trinajstić information content (AvgIpc) is 2.91. The molecule has 0 aromatic heterocycles. The predicted octanol–water partition coefficient (Wildman–Crippen LogP) is 4.88. The van der Waals surface area contributed by atoms with Gasteiger partial charge in [0, 0.05) is 12.1 Å². The molecule has 1 fully saturated rings. The second-order valence-electron chi connectivity index (χ2n) is 6.02. The maximum Gasteiger partial charge on any atom is 0.329 e. The third-order valence-electron chi connectivity index (χ3n) is 4.01. The standard InChI is InChI=1S/C20H18Cl2N2O3/c1-2-9-24-19(25)17(23-20(24)26)11-14-5-3-4-6-18(14)27-12-13-7-8-15(21)16(22)10-13/h3-8,10-11H,2,9,12H2,1H3,(H,23,26)/b17-11+. The molecule has 0 spiro atoms. The summed E-state index contributed by atoms with van der Waals surface area (Å²) >= 11 is 12.0. The Hall–Kier alpha value is -2.50. The van der Waals surface area contributed by atoms with Gasteiger partial charge in [0.2, 0.25) is 0 Å². The summed E-state index contributed by atoms with van der Waals surface area (Å²) in [7, 11) is 0. The number of hydrogen-bond donors (Lipinski definition) is 1. The van der Waals surface area contributed by atoms with Crippen LogP contribution < -0.4 is 10.1 Å². The smallest absolute Gasteiger partial charge is 0.329 e. The fourth-order valence-electron chi connectivity index (χ4n) is 2.68. The molecule has 0 saturated carbocycles. The molecule has 1 N–H and O–H groups in total. The lowest BCUT2D eigenvalue weighted by Crippen LogP contribution is -2.31. The van der Waals surface area contributed by atoms with E-state index in [1.807, 2.05) is 31.2 Å². The van der Waals surface area contributed by atoms with Crippen LogP contribution >= 0.6 is 23.2 Å². The molecule has 1 saturated heterocycles. The van der Waals surface area contributed by atoms with E-state index in [-0.39, 0.29) is 11.6 Å². The van der Waals surface area contributed by atoms with Gasteiger partial charge in [0.1, 0.15) is 18.1 Å². The molecule has 27 heavy (non-hydrogen) atoms. The molecule has 1 aliphatic rings. The van der Waals surface area contributed by atoms with Gasteiger partial charge in [-0.3, -0.25) is 9.69 Å². The van der Waals surface area contributed by atoms with Gasteiger partial charge in [0.05, 0.1) is 10.0 Å². The van der Waals surface area contributed by atoms with Gasteiger partial charge in [0.15, 0.2) is 0 Å². The number of nitrogens with zero attached hydrogens (tertiary/aromatic N) is 1. The van der Waals surface area contributed by atoms with Gasteiger partial charge in [0.25, 0.3) is 5.91 Å². The molecule has 2 aromatic carbocycles. The molecule has 5 nitrogen and oxygen atoms in total. The van der Waals surface area contributed by atoms with E-state index < -0.39 is 6.03 Å². The fraction of sp³-hybridized carbons (Fsp3) is 0.200. The van der Waals surface area contributed by atoms with E-state index in [2.05, 4.69) is 5.32 Å². The van der Waals surface area contributed by atoms with Crippen LogP contribution in [0.4, 0.5) is 4.79 Å². The minimum atomic E-state index is -0.401. The molecular formula is C20H18Cl2N2O3. The van der Waals surface area contributed by atoms with Crippen LogP contribution in [-0.4, -0.2) is 23.4 Å². The van der Waals surface area contributed by atoms with E-state index in [1.54, 1.807) is 24.3 Å². The molecule has 0 aliphatic carbocycles. The number of carbonyl (C=O) groups is 2. The Bertz CT molecular complexity index is 912. The number of urea groups is 1. The lowest BCUT2D eigenvalue weighted by Gasteiger charge is -2.10.